The van der Waals surface area contributed by atoms with E-state index in [0.717, 1.165) is 19.1 Å². The topological polar surface area (TPSA) is 60.2 Å². The van der Waals surface area contributed by atoms with Crippen molar-refractivity contribution in [3.63, 3.8) is 0 Å². The first-order valence-corrected chi connectivity index (χ1v) is 7.43. The summed E-state index contributed by atoms with van der Waals surface area (Å²) in [6, 6.07) is 4.34. The van der Waals surface area contributed by atoms with Crippen molar-refractivity contribution in [3.8, 4) is 0 Å². The molecule has 0 aliphatic heterocycles. The summed E-state index contributed by atoms with van der Waals surface area (Å²) in [4.78, 5) is -0.234. The predicted molar refractivity (Wildman–Crippen MR) is 64.1 cm³/mol. The number of sulfone groups is 1. The van der Waals surface area contributed by atoms with Gasteiger partial charge in [0, 0.05) is 17.7 Å². The molecule has 2 rings (SSSR count). The van der Waals surface area contributed by atoms with E-state index < -0.39 is 15.7 Å². The highest BCUT2D eigenvalue weighted by atomic mass is 32.2. The van der Waals surface area contributed by atoms with Gasteiger partial charge >= 0.3 is 0 Å². The molecular weight excluding hydrogens is 241 g/mol. The van der Waals surface area contributed by atoms with Crippen LogP contribution in [0.2, 0.25) is 0 Å². The molecule has 0 heterocycles. The van der Waals surface area contributed by atoms with Crippen LogP contribution in [0.4, 0.5) is 4.39 Å². The molecule has 1 aliphatic carbocycles. The number of rotatable bonds is 3. The summed E-state index contributed by atoms with van der Waals surface area (Å²) in [5.74, 6) is -0.634. The molecule has 1 saturated carbocycles. The lowest BCUT2D eigenvalue weighted by atomic mass is 9.89. The first-order valence-electron chi connectivity index (χ1n) is 5.54. The van der Waals surface area contributed by atoms with Crippen molar-refractivity contribution in [3.05, 3.63) is 29.6 Å². The maximum Gasteiger partial charge on any atom is 0.178 e. The van der Waals surface area contributed by atoms with Gasteiger partial charge in [-0.25, -0.2) is 12.8 Å². The van der Waals surface area contributed by atoms with Crippen LogP contribution in [-0.4, -0.2) is 20.7 Å². The average molecular weight is 257 g/mol. The zero-order chi connectivity index (χ0) is 12.8. The van der Waals surface area contributed by atoms with E-state index in [4.69, 9.17) is 5.73 Å². The maximum absolute atomic E-state index is 14.2. The second-order valence-corrected chi connectivity index (χ2v) is 6.82. The maximum atomic E-state index is 14.2. The molecule has 17 heavy (non-hydrogen) atoms. The van der Waals surface area contributed by atoms with Gasteiger partial charge in [-0.3, -0.25) is 0 Å². The van der Waals surface area contributed by atoms with Gasteiger partial charge in [-0.1, -0.05) is 12.1 Å². The van der Waals surface area contributed by atoms with E-state index in [9.17, 15) is 12.8 Å². The summed E-state index contributed by atoms with van der Waals surface area (Å²) < 4.78 is 37.1. The van der Waals surface area contributed by atoms with Crippen LogP contribution < -0.4 is 5.73 Å². The molecule has 2 N–H and O–H groups in total. The summed E-state index contributed by atoms with van der Waals surface area (Å²) >= 11 is 0. The van der Waals surface area contributed by atoms with Crippen LogP contribution >= 0.6 is 0 Å². The van der Waals surface area contributed by atoms with Crippen LogP contribution in [0.1, 0.15) is 25.3 Å². The third kappa shape index (κ3) is 1.98. The molecule has 0 aromatic heterocycles. The van der Waals surface area contributed by atoms with Gasteiger partial charge in [-0.2, -0.15) is 0 Å². The van der Waals surface area contributed by atoms with Crippen LogP contribution in [0.5, 0.6) is 0 Å². The number of hydrogen-bond donors (Lipinski definition) is 1. The van der Waals surface area contributed by atoms with Gasteiger partial charge in [0.2, 0.25) is 0 Å². The summed E-state index contributed by atoms with van der Waals surface area (Å²) in [6.07, 6.45) is 2.64. The summed E-state index contributed by atoms with van der Waals surface area (Å²) in [6.45, 7) is 1.83. The van der Waals surface area contributed by atoms with Crippen molar-refractivity contribution in [2.24, 2.45) is 5.73 Å². The van der Waals surface area contributed by atoms with Crippen molar-refractivity contribution in [1.29, 1.82) is 0 Å². The largest absolute Gasteiger partial charge is 0.327 e. The molecule has 1 atom stereocenters. The van der Waals surface area contributed by atoms with E-state index >= 15 is 0 Å². The molecule has 1 fully saturated rings. The molecule has 94 valence electrons. The average Bonchev–Trinajstić information content (AvgIpc) is 2.97. The highest BCUT2D eigenvalue weighted by Crippen LogP contribution is 2.51. The highest BCUT2D eigenvalue weighted by Gasteiger charge is 2.49. The van der Waals surface area contributed by atoms with Gasteiger partial charge in [0.25, 0.3) is 0 Å². The summed E-state index contributed by atoms with van der Waals surface area (Å²) in [5.41, 5.74) is 5.95. The van der Waals surface area contributed by atoms with Crippen molar-refractivity contribution in [1.82, 2.24) is 0 Å². The molecule has 0 amide bonds. The van der Waals surface area contributed by atoms with Crippen LogP contribution in [0.3, 0.4) is 0 Å². The normalized spacial score (nSPS) is 20.0. The lowest BCUT2D eigenvalue weighted by Crippen LogP contribution is -2.32. The molecule has 1 unspecified atom stereocenters. The first-order chi connectivity index (χ1) is 7.79. The number of benzene rings is 1. The van der Waals surface area contributed by atoms with Crippen LogP contribution in [0, 0.1) is 5.82 Å². The van der Waals surface area contributed by atoms with Gasteiger partial charge in [-0.05, 0) is 31.4 Å². The van der Waals surface area contributed by atoms with E-state index in [1.165, 1.54) is 6.07 Å². The van der Waals surface area contributed by atoms with E-state index in [2.05, 4.69) is 0 Å². The fourth-order valence-corrected chi connectivity index (χ4v) is 3.05. The first kappa shape index (κ1) is 12.5. The number of nitrogens with two attached hydrogens (primary N) is 1. The summed E-state index contributed by atoms with van der Waals surface area (Å²) in [5, 5.41) is 0. The Hall–Kier alpha value is -0.940. The molecule has 1 aromatic carbocycles. The van der Waals surface area contributed by atoms with Gasteiger partial charge < -0.3 is 5.73 Å². The van der Waals surface area contributed by atoms with Gasteiger partial charge in [-0.15, -0.1) is 0 Å². The molecule has 5 heteroatoms. The fraction of sp³-hybridized carbons (Fsp3) is 0.500. The van der Waals surface area contributed by atoms with Crippen molar-refractivity contribution < 1.29 is 12.8 Å². The molecule has 1 aromatic rings. The van der Waals surface area contributed by atoms with E-state index in [1.807, 2.05) is 6.92 Å². The Kier molecular flexibility index (Phi) is 2.78. The van der Waals surface area contributed by atoms with Gasteiger partial charge in [0.1, 0.15) is 10.7 Å². The monoisotopic (exact) mass is 257 g/mol. The highest BCUT2D eigenvalue weighted by molar-refractivity contribution is 7.90. The van der Waals surface area contributed by atoms with E-state index in [-0.39, 0.29) is 16.4 Å². The smallest absolute Gasteiger partial charge is 0.178 e. The number of halogens is 1. The predicted octanol–water partition coefficient (Wildman–Crippen LogP) is 1.61. The van der Waals surface area contributed by atoms with Gasteiger partial charge in [0.15, 0.2) is 9.84 Å². The molecule has 1 aliphatic rings. The van der Waals surface area contributed by atoms with E-state index in [1.54, 1.807) is 12.1 Å². The second kappa shape index (κ2) is 3.78. The standard InChI is InChI=1S/C12H16FNO2S/c1-8(14)12(6-7-12)9-4-3-5-10(11(9)13)17(2,15)16/h3-5,8H,6-7,14H2,1-2H3. The summed E-state index contributed by atoms with van der Waals surface area (Å²) in [7, 11) is -3.53. The SMILES string of the molecule is CC(N)C1(c2cccc(S(C)(=O)=O)c2F)CC1. The fourth-order valence-electron chi connectivity index (χ4n) is 2.29. The van der Waals surface area contributed by atoms with Gasteiger partial charge in [0.05, 0.1) is 0 Å². The Balaban J connectivity index is 2.59. The van der Waals surface area contributed by atoms with Crippen molar-refractivity contribution in [2.75, 3.05) is 6.26 Å². The van der Waals surface area contributed by atoms with Crippen molar-refractivity contribution >= 4 is 9.84 Å². The Labute approximate surface area is 101 Å². The Morgan fingerprint density at radius 1 is 1.41 bits per heavy atom. The Morgan fingerprint density at radius 3 is 2.41 bits per heavy atom. The lowest BCUT2D eigenvalue weighted by molar-refractivity contribution is 0.497. The molecular formula is C12H16FNO2S. The second-order valence-electron chi connectivity index (χ2n) is 4.83. The minimum absolute atomic E-state index is 0.174. The minimum Gasteiger partial charge on any atom is -0.327 e. The minimum atomic E-state index is -3.53. The Morgan fingerprint density at radius 2 is 2.00 bits per heavy atom. The number of hydrogen-bond acceptors (Lipinski definition) is 3. The molecule has 0 radical (unpaired) electrons. The third-order valence-electron chi connectivity index (χ3n) is 3.56. The zero-order valence-corrected chi connectivity index (χ0v) is 10.7. The lowest BCUT2D eigenvalue weighted by Gasteiger charge is -2.21. The Bertz CT molecular complexity index is 548. The molecule has 0 saturated heterocycles. The van der Waals surface area contributed by atoms with E-state index in [0.29, 0.717) is 5.56 Å². The van der Waals surface area contributed by atoms with Crippen LogP contribution in [-0.2, 0) is 15.3 Å². The molecule has 0 bridgehead atoms. The molecule has 3 nitrogen and oxygen atoms in total. The van der Waals surface area contributed by atoms with Crippen LogP contribution in [0.15, 0.2) is 23.1 Å². The molecule has 0 spiro atoms. The third-order valence-corrected chi connectivity index (χ3v) is 4.67. The zero-order valence-electron chi connectivity index (χ0n) is 9.90. The van der Waals surface area contributed by atoms with Crippen LogP contribution in [0.25, 0.3) is 0 Å². The quantitative estimate of drug-likeness (QED) is 0.895. The van der Waals surface area contributed by atoms with Crippen molar-refractivity contribution in [2.45, 2.75) is 36.1 Å².